The second-order valence-electron chi connectivity index (χ2n) is 8.74. The Morgan fingerprint density at radius 1 is 0.952 bits per heavy atom. The van der Waals surface area contributed by atoms with E-state index in [1.54, 1.807) is 57.7 Å². The summed E-state index contributed by atoms with van der Waals surface area (Å²) in [4.78, 5) is 22.4. The number of nitrogen functional groups attached to an aromatic ring is 1. The standard InChI is InChI=1S/C30H26FN5O4S2/c1-38-23-14-20(15-24(39-2)26(23)40-3)34-30-36-28(32)27(42-30)29-35-22(16-41-29)18-8-6-9-19(13-18)33-25(37)12-11-17-7-4-5-10-21(17)31/h4-16H,32H2,1-3H3,(H,33,37)(H,34,36). The van der Waals surface area contributed by atoms with Gasteiger partial charge in [-0.25, -0.2) is 14.4 Å². The molecule has 214 valence electrons. The van der Waals surface area contributed by atoms with Crippen molar-refractivity contribution in [2.24, 2.45) is 0 Å². The van der Waals surface area contributed by atoms with Crippen LogP contribution >= 0.6 is 22.7 Å². The number of methoxy groups -OCH3 is 3. The van der Waals surface area contributed by atoms with E-state index in [-0.39, 0.29) is 5.91 Å². The molecule has 5 rings (SSSR count). The number of ether oxygens (including phenoxy) is 3. The zero-order valence-electron chi connectivity index (χ0n) is 22.8. The normalized spacial score (nSPS) is 11.0. The molecule has 9 nitrogen and oxygen atoms in total. The summed E-state index contributed by atoms with van der Waals surface area (Å²) in [6.07, 6.45) is 2.73. The van der Waals surface area contributed by atoms with Crippen LogP contribution in [0.5, 0.6) is 17.2 Å². The zero-order valence-corrected chi connectivity index (χ0v) is 24.4. The van der Waals surface area contributed by atoms with Crippen molar-refractivity contribution in [3.8, 4) is 38.4 Å². The van der Waals surface area contributed by atoms with Crippen LogP contribution in [0.3, 0.4) is 0 Å². The zero-order chi connectivity index (χ0) is 29.6. The number of halogens is 1. The molecule has 0 atom stereocenters. The second-order valence-corrected chi connectivity index (χ2v) is 10.6. The number of nitrogens with zero attached hydrogens (tertiary/aromatic N) is 2. The predicted octanol–water partition coefficient (Wildman–Crippen LogP) is 7.08. The third-order valence-corrected chi connectivity index (χ3v) is 8.00. The van der Waals surface area contributed by atoms with E-state index in [4.69, 9.17) is 24.9 Å². The maximum absolute atomic E-state index is 13.8. The van der Waals surface area contributed by atoms with Crippen LogP contribution in [0.4, 0.5) is 26.7 Å². The molecule has 12 heteroatoms. The lowest BCUT2D eigenvalue weighted by Crippen LogP contribution is -2.07. The molecule has 5 aromatic rings. The minimum atomic E-state index is -0.395. The van der Waals surface area contributed by atoms with E-state index in [1.807, 2.05) is 23.6 Å². The Hall–Kier alpha value is -4.94. The fraction of sp³-hybridized carbons (Fsp3) is 0.100. The topological polar surface area (TPSA) is 121 Å². The van der Waals surface area contributed by atoms with Gasteiger partial charge in [-0.3, -0.25) is 4.79 Å². The molecule has 2 heterocycles. The average Bonchev–Trinajstić information content (AvgIpc) is 3.63. The Kier molecular flexibility index (Phi) is 8.65. The first-order valence-electron chi connectivity index (χ1n) is 12.5. The SMILES string of the molecule is COc1cc(Nc2nc(N)c(-c3nc(-c4cccc(NC(=O)C=Cc5ccccc5F)c4)cs3)s2)cc(OC)c1OC. The van der Waals surface area contributed by atoms with Crippen LogP contribution < -0.4 is 30.6 Å². The number of anilines is 4. The van der Waals surface area contributed by atoms with Crippen LogP contribution in [0.25, 0.3) is 27.2 Å². The number of carbonyl (C=O) groups excluding carboxylic acids is 1. The molecule has 0 saturated carbocycles. The average molecular weight is 604 g/mol. The van der Waals surface area contributed by atoms with Crippen LogP contribution in [0.1, 0.15) is 5.56 Å². The molecule has 4 N–H and O–H groups in total. The Balaban J connectivity index is 1.31. The summed E-state index contributed by atoms with van der Waals surface area (Å²) in [5.41, 5.74) is 9.41. The number of amides is 1. The van der Waals surface area contributed by atoms with Gasteiger partial charge in [0, 0.05) is 46.1 Å². The van der Waals surface area contributed by atoms with E-state index in [9.17, 15) is 9.18 Å². The van der Waals surface area contributed by atoms with E-state index in [1.165, 1.54) is 40.9 Å². The van der Waals surface area contributed by atoms with Crippen molar-refractivity contribution in [3.05, 3.63) is 83.5 Å². The Bertz CT molecular complexity index is 1740. The number of carbonyl (C=O) groups is 1. The first-order valence-corrected chi connectivity index (χ1v) is 14.2. The lowest BCUT2D eigenvalue weighted by Gasteiger charge is -2.14. The molecule has 42 heavy (non-hydrogen) atoms. The Labute approximate surface area is 249 Å². The number of nitrogens with two attached hydrogens (primary N) is 1. The molecule has 3 aromatic carbocycles. The lowest BCUT2D eigenvalue weighted by atomic mass is 10.1. The highest BCUT2D eigenvalue weighted by Gasteiger charge is 2.18. The highest BCUT2D eigenvalue weighted by Crippen LogP contribution is 2.43. The number of hydrogen-bond acceptors (Lipinski definition) is 10. The molecule has 2 aromatic heterocycles. The highest BCUT2D eigenvalue weighted by molar-refractivity contribution is 7.23. The van der Waals surface area contributed by atoms with Gasteiger partial charge in [-0.2, -0.15) is 0 Å². The van der Waals surface area contributed by atoms with Crippen molar-refractivity contribution in [2.45, 2.75) is 0 Å². The van der Waals surface area contributed by atoms with Gasteiger partial charge in [-0.1, -0.05) is 41.7 Å². The molecular formula is C30H26FN5O4S2. The van der Waals surface area contributed by atoms with E-state index >= 15 is 0 Å². The van der Waals surface area contributed by atoms with Gasteiger partial charge in [0.05, 0.1) is 27.0 Å². The molecule has 1 amide bonds. The van der Waals surface area contributed by atoms with E-state index < -0.39 is 5.82 Å². The molecule has 0 radical (unpaired) electrons. The van der Waals surface area contributed by atoms with Crippen LogP contribution in [-0.2, 0) is 4.79 Å². The van der Waals surface area contributed by atoms with Crippen molar-refractivity contribution in [1.82, 2.24) is 9.97 Å². The lowest BCUT2D eigenvalue weighted by molar-refractivity contribution is -0.111. The van der Waals surface area contributed by atoms with Gasteiger partial charge >= 0.3 is 0 Å². The maximum atomic E-state index is 13.8. The molecule has 0 spiro atoms. The smallest absolute Gasteiger partial charge is 0.248 e. The van der Waals surface area contributed by atoms with E-state index in [0.29, 0.717) is 50.1 Å². The molecule has 0 fully saturated rings. The molecule has 0 aliphatic carbocycles. The fourth-order valence-electron chi connectivity index (χ4n) is 4.04. The van der Waals surface area contributed by atoms with Crippen LogP contribution in [-0.4, -0.2) is 37.2 Å². The van der Waals surface area contributed by atoms with Gasteiger partial charge in [0.1, 0.15) is 21.5 Å². The monoisotopic (exact) mass is 603 g/mol. The molecule has 0 unspecified atom stereocenters. The summed E-state index contributed by atoms with van der Waals surface area (Å²) < 4.78 is 30.1. The number of hydrogen-bond donors (Lipinski definition) is 3. The molecule has 0 bridgehead atoms. The maximum Gasteiger partial charge on any atom is 0.248 e. The largest absolute Gasteiger partial charge is 0.493 e. The number of thiazole rings is 2. The fourth-order valence-corrected chi connectivity index (χ4v) is 5.88. The number of rotatable bonds is 10. The minimum absolute atomic E-state index is 0.334. The van der Waals surface area contributed by atoms with Gasteiger partial charge < -0.3 is 30.6 Å². The highest BCUT2D eigenvalue weighted by atomic mass is 32.1. The van der Waals surface area contributed by atoms with Crippen molar-refractivity contribution in [2.75, 3.05) is 37.7 Å². The summed E-state index contributed by atoms with van der Waals surface area (Å²) in [7, 11) is 4.65. The first kappa shape index (κ1) is 28.6. The second kappa shape index (κ2) is 12.7. The Morgan fingerprint density at radius 3 is 2.43 bits per heavy atom. The van der Waals surface area contributed by atoms with E-state index in [2.05, 4.69) is 15.6 Å². The van der Waals surface area contributed by atoms with Crippen LogP contribution in [0.2, 0.25) is 0 Å². The third-order valence-electron chi connectivity index (χ3n) is 6.01. The van der Waals surface area contributed by atoms with Gasteiger partial charge in [0.25, 0.3) is 0 Å². The van der Waals surface area contributed by atoms with Gasteiger partial charge in [0.2, 0.25) is 11.7 Å². The Morgan fingerprint density at radius 2 is 1.71 bits per heavy atom. The quantitative estimate of drug-likeness (QED) is 0.145. The van der Waals surface area contributed by atoms with Crippen molar-refractivity contribution in [1.29, 1.82) is 0 Å². The van der Waals surface area contributed by atoms with Gasteiger partial charge in [0.15, 0.2) is 16.6 Å². The first-order chi connectivity index (χ1) is 20.4. The van der Waals surface area contributed by atoms with Crippen LogP contribution in [0.15, 0.2) is 72.1 Å². The predicted molar refractivity (Wildman–Crippen MR) is 167 cm³/mol. The summed E-state index contributed by atoms with van der Waals surface area (Å²) in [5, 5.41) is 9.25. The minimum Gasteiger partial charge on any atom is -0.493 e. The van der Waals surface area contributed by atoms with Gasteiger partial charge in [-0.15, -0.1) is 11.3 Å². The van der Waals surface area contributed by atoms with Crippen molar-refractivity contribution in [3.63, 3.8) is 0 Å². The van der Waals surface area contributed by atoms with Crippen molar-refractivity contribution >= 4 is 57.0 Å². The van der Waals surface area contributed by atoms with Gasteiger partial charge in [-0.05, 0) is 24.3 Å². The molecular weight excluding hydrogens is 577 g/mol. The number of nitrogens with one attached hydrogen (secondary N) is 2. The summed E-state index contributed by atoms with van der Waals surface area (Å²) >= 11 is 2.80. The summed E-state index contributed by atoms with van der Waals surface area (Å²) in [6.45, 7) is 0. The number of benzene rings is 3. The number of aromatic nitrogens is 2. The van der Waals surface area contributed by atoms with E-state index in [0.717, 1.165) is 16.1 Å². The molecule has 0 aliphatic heterocycles. The van der Waals surface area contributed by atoms with Crippen molar-refractivity contribution < 1.29 is 23.4 Å². The van der Waals surface area contributed by atoms with Crippen LogP contribution in [0, 0.1) is 5.82 Å². The molecule has 0 aliphatic rings. The molecule has 0 saturated heterocycles. The summed E-state index contributed by atoms with van der Waals surface area (Å²) in [5.74, 6) is 1.08. The third kappa shape index (κ3) is 6.35. The summed E-state index contributed by atoms with van der Waals surface area (Å²) in [6, 6.07) is 17.1.